The second kappa shape index (κ2) is 4.59. The van der Waals surface area contributed by atoms with Crippen LogP contribution in [0.4, 0.5) is 0 Å². The summed E-state index contributed by atoms with van der Waals surface area (Å²) in [6.45, 7) is 1.76. The van der Waals surface area contributed by atoms with Crippen molar-refractivity contribution in [2.45, 2.75) is 13.3 Å². The van der Waals surface area contributed by atoms with E-state index < -0.39 is 5.91 Å². The number of esters is 1. The average Bonchev–Trinajstić information content (AvgIpc) is 2.20. The fourth-order valence-corrected chi connectivity index (χ4v) is 1.37. The van der Waals surface area contributed by atoms with Gasteiger partial charge in [-0.2, -0.15) is 0 Å². The van der Waals surface area contributed by atoms with Crippen LogP contribution >= 0.6 is 0 Å². The number of primary amides is 1. The van der Waals surface area contributed by atoms with Crippen molar-refractivity contribution in [3.05, 3.63) is 34.9 Å². The number of hydrogen-bond donors (Lipinski definition) is 1. The second-order valence-corrected chi connectivity index (χ2v) is 3.21. The molecule has 0 saturated heterocycles. The molecule has 80 valence electrons. The Hall–Kier alpha value is -1.84. The Kier molecular flexibility index (Phi) is 3.44. The van der Waals surface area contributed by atoms with Crippen LogP contribution in [0.2, 0.25) is 0 Å². The molecule has 0 radical (unpaired) electrons. The summed E-state index contributed by atoms with van der Waals surface area (Å²) in [6.07, 6.45) is 0.156. The van der Waals surface area contributed by atoms with E-state index in [1.807, 2.05) is 0 Å². The molecular weight excluding hydrogens is 194 g/mol. The lowest BCUT2D eigenvalue weighted by Crippen LogP contribution is -2.14. The van der Waals surface area contributed by atoms with Gasteiger partial charge in [-0.25, -0.2) is 0 Å². The predicted molar refractivity (Wildman–Crippen MR) is 55.4 cm³/mol. The quantitative estimate of drug-likeness (QED) is 0.745. The van der Waals surface area contributed by atoms with Gasteiger partial charge in [0.1, 0.15) is 0 Å². The molecule has 0 aliphatic heterocycles. The largest absolute Gasteiger partial charge is 0.469 e. The molecule has 2 N–H and O–H groups in total. The number of nitrogens with two attached hydrogens (primary N) is 1. The van der Waals surface area contributed by atoms with Gasteiger partial charge in [0, 0.05) is 5.56 Å². The van der Waals surface area contributed by atoms with Gasteiger partial charge >= 0.3 is 5.97 Å². The molecule has 1 aromatic rings. The lowest BCUT2D eigenvalue weighted by molar-refractivity contribution is -0.139. The molecule has 4 nitrogen and oxygen atoms in total. The summed E-state index contributed by atoms with van der Waals surface area (Å²) >= 11 is 0. The van der Waals surface area contributed by atoms with E-state index in [4.69, 9.17) is 5.73 Å². The highest BCUT2D eigenvalue weighted by atomic mass is 16.5. The van der Waals surface area contributed by atoms with Gasteiger partial charge in [0.25, 0.3) is 0 Å². The van der Waals surface area contributed by atoms with Crippen molar-refractivity contribution >= 4 is 11.9 Å². The van der Waals surface area contributed by atoms with Crippen LogP contribution in [0.1, 0.15) is 21.5 Å². The normalized spacial score (nSPS) is 9.73. The number of rotatable bonds is 3. The molecule has 0 aliphatic rings. The molecule has 0 saturated carbocycles. The molecule has 0 aliphatic carbocycles. The Labute approximate surface area is 88.0 Å². The van der Waals surface area contributed by atoms with E-state index in [0.717, 1.165) is 11.1 Å². The van der Waals surface area contributed by atoms with Crippen molar-refractivity contribution in [3.8, 4) is 0 Å². The van der Waals surface area contributed by atoms with Crippen molar-refractivity contribution in [3.63, 3.8) is 0 Å². The van der Waals surface area contributed by atoms with Crippen LogP contribution in [-0.2, 0) is 16.0 Å². The second-order valence-electron chi connectivity index (χ2n) is 3.21. The summed E-state index contributed by atoms with van der Waals surface area (Å²) in [5, 5.41) is 0. The highest BCUT2D eigenvalue weighted by molar-refractivity contribution is 5.94. The monoisotopic (exact) mass is 207 g/mol. The lowest BCUT2D eigenvalue weighted by Gasteiger charge is -2.07. The molecule has 1 amide bonds. The van der Waals surface area contributed by atoms with E-state index in [0.29, 0.717) is 5.56 Å². The molecule has 0 atom stereocenters. The highest BCUT2D eigenvalue weighted by Gasteiger charge is 2.11. The number of hydrogen-bond acceptors (Lipinski definition) is 3. The van der Waals surface area contributed by atoms with E-state index in [1.54, 1.807) is 25.1 Å². The summed E-state index contributed by atoms with van der Waals surface area (Å²) in [7, 11) is 1.33. The molecular formula is C11H13NO3. The van der Waals surface area contributed by atoms with Crippen LogP contribution in [0.15, 0.2) is 18.2 Å². The van der Waals surface area contributed by atoms with Crippen LogP contribution in [0.5, 0.6) is 0 Å². The number of ether oxygens (including phenoxy) is 1. The highest BCUT2D eigenvalue weighted by Crippen LogP contribution is 2.14. The van der Waals surface area contributed by atoms with Crippen LogP contribution < -0.4 is 5.73 Å². The fraction of sp³-hybridized carbons (Fsp3) is 0.273. The summed E-state index contributed by atoms with van der Waals surface area (Å²) in [5.41, 5.74) is 7.13. The van der Waals surface area contributed by atoms with E-state index in [-0.39, 0.29) is 12.4 Å². The van der Waals surface area contributed by atoms with Crippen molar-refractivity contribution < 1.29 is 14.3 Å². The molecule has 1 aromatic carbocycles. The van der Waals surface area contributed by atoms with Gasteiger partial charge in [-0.1, -0.05) is 12.1 Å². The van der Waals surface area contributed by atoms with Crippen LogP contribution in [0.25, 0.3) is 0 Å². The minimum Gasteiger partial charge on any atom is -0.469 e. The maximum atomic E-state index is 11.1. The van der Waals surface area contributed by atoms with Crippen LogP contribution in [-0.4, -0.2) is 19.0 Å². The first kappa shape index (κ1) is 11.2. The zero-order valence-corrected chi connectivity index (χ0v) is 8.74. The van der Waals surface area contributed by atoms with Gasteiger partial charge in [0.05, 0.1) is 13.5 Å². The van der Waals surface area contributed by atoms with Gasteiger partial charge in [0.2, 0.25) is 5.91 Å². The van der Waals surface area contributed by atoms with Gasteiger partial charge in [-0.05, 0) is 24.1 Å². The third-order valence-electron chi connectivity index (χ3n) is 2.27. The number of methoxy groups -OCH3 is 1. The molecule has 0 bridgehead atoms. The average molecular weight is 207 g/mol. The Morgan fingerprint density at radius 2 is 2.07 bits per heavy atom. The molecule has 0 aromatic heterocycles. The first-order valence-corrected chi connectivity index (χ1v) is 4.51. The standard InChI is InChI=1S/C11H13NO3/c1-7-8(6-10(13)15-2)4-3-5-9(7)11(12)14/h3-5H,6H2,1-2H3,(H2,12,14). The minimum absolute atomic E-state index is 0.156. The van der Waals surface area contributed by atoms with Gasteiger partial charge in [-0.15, -0.1) is 0 Å². The van der Waals surface area contributed by atoms with E-state index in [9.17, 15) is 9.59 Å². The smallest absolute Gasteiger partial charge is 0.309 e. The van der Waals surface area contributed by atoms with E-state index in [1.165, 1.54) is 7.11 Å². The first-order chi connectivity index (χ1) is 7.06. The molecule has 0 fully saturated rings. The van der Waals surface area contributed by atoms with E-state index in [2.05, 4.69) is 4.74 Å². The molecule has 15 heavy (non-hydrogen) atoms. The third-order valence-corrected chi connectivity index (χ3v) is 2.27. The molecule has 0 unspecified atom stereocenters. The molecule has 1 rings (SSSR count). The van der Waals surface area contributed by atoms with Crippen molar-refractivity contribution in [1.82, 2.24) is 0 Å². The maximum Gasteiger partial charge on any atom is 0.309 e. The van der Waals surface area contributed by atoms with Crippen LogP contribution in [0.3, 0.4) is 0 Å². The summed E-state index contributed by atoms with van der Waals surface area (Å²) in [6, 6.07) is 5.11. The van der Waals surface area contributed by atoms with Gasteiger partial charge in [0.15, 0.2) is 0 Å². The maximum absolute atomic E-state index is 11.1. The Balaban J connectivity index is 3.04. The van der Waals surface area contributed by atoms with Gasteiger partial charge < -0.3 is 10.5 Å². The summed E-state index contributed by atoms with van der Waals surface area (Å²) in [4.78, 5) is 22.1. The van der Waals surface area contributed by atoms with Gasteiger partial charge in [-0.3, -0.25) is 9.59 Å². The topological polar surface area (TPSA) is 69.4 Å². The molecule has 0 spiro atoms. The lowest BCUT2D eigenvalue weighted by atomic mass is 10.00. The Morgan fingerprint density at radius 1 is 1.40 bits per heavy atom. The number of amides is 1. The van der Waals surface area contributed by atoms with Crippen molar-refractivity contribution in [1.29, 1.82) is 0 Å². The number of carbonyl (C=O) groups excluding carboxylic acids is 2. The summed E-state index contributed by atoms with van der Waals surface area (Å²) in [5.74, 6) is -0.820. The Bertz CT molecular complexity index is 399. The first-order valence-electron chi connectivity index (χ1n) is 4.51. The zero-order chi connectivity index (χ0) is 11.4. The SMILES string of the molecule is COC(=O)Cc1cccc(C(N)=O)c1C. The van der Waals surface area contributed by atoms with Crippen molar-refractivity contribution in [2.75, 3.05) is 7.11 Å². The molecule has 4 heteroatoms. The zero-order valence-electron chi connectivity index (χ0n) is 8.74. The number of benzene rings is 1. The summed E-state index contributed by atoms with van der Waals surface area (Å²) < 4.78 is 4.55. The van der Waals surface area contributed by atoms with Crippen molar-refractivity contribution in [2.24, 2.45) is 5.73 Å². The number of carbonyl (C=O) groups is 2. The minimum atomic E-state index is -0.487. The Morgan fingerprint density at radius 3 is 2.60 bits per heavy atom. The third kappa shape index (κ3) is 2.56. The predicted octanol–water partition coefficient (Wildman–Crippen LogP) is 0.809. The molecule has 0 heterocycles. The fourth-order valence-electron chi connectivity index (χ4n) is 1.37. The van der Waals surface area contributed by atoms with E-state index >= 15 is 0 Å². The van der Waals surface area contributed by atoms with Crippen LogP contribution in [0, 0.1) is 6.92 Å².